The van der Waals surface area contributed by atoms with Crippen molar-refractivity contribution >= 4 is 24.0 Å². The van der Waals surface area contributed by atoms with Gasteiger partial charge in [-0.15, -0.1) is 12.4 Å². The summed E-state index contributed by atoms with van der Waals surface area (Å²) in [4.78, 5) is 11.9. The lowest BCUT2D eigenvalue weighted by molar-refractivity contribution is -0.127. The second-order valence-electron chi connectivity index (χ2n) is 5.77. The first-order valence-electron chi connectivity index (χ1n) is 7.58. The molecular formula is C16H22ClF3N2O. The zero-order chi connectivity index (χ0) is 16.0. The molecule has 1 heterocycles. The van der Waals surface area contributed by atoms with Crippen LogP contribution in [-0.2, 0) is 11.2 Å². The largest absolute Gasteiger partial charge is 0.393 e. The summed E-state index contributed by atoms with van der Waals surface area (Å²) in [5.74, 6) is 0.422. The van der Waals surface area contributed by atoms with Crippen molar-refractivity contribution in [2.45, 2.75) is 38.3 Å². The number of hydrogen-bond donors (Lipinski definition) is 2. The zero-order valence-corrected chi connectivity index (χ0v) is 13.6. The van der Waals surface area contributed by atoms with E-state index in [1.165, 1.54) is 18.2 Å². The number of nitrogens with one attached hydrogen (secondary N) is 2. The Morgan fingerprint density at radius 3 is 2.61 bits per heavy atom. The highest BCUT2D eigenvalue weighted by Crippen LogP contribution is 2.23. The van der Waals surface area contributed by atoms with Crippen LogP contribution in [0.3, 0.4) is 0 Å². The summed E-state index contributed by atoms with van der Waals surface area (Å²) in [6.07, 6.45) is -1.82. The van der Waals surface area contributed by atoms with Gasteiger partial charge in [-0.25, -0.2) is 0 Å². The van der Waals surface area contributed by atoms with E-state index in [4.69, 9.17) is 0 Å². The number of amides is 1. The van der Waals surface area contributed by atoms with E-state index in [9.17, 15) is 18.0 Å². The Balaban J connectivity index is 0.00000264. The summed E-state index contributed by atoms with van der Waals surface area (Å²) in [5.41, 5.74) is 0.584. The van der Waals surface area contributed by atoms with Gasteiger partial charge in [-0.1, -0.05) is 12.1 Å². The van der Waals surface area contributed by atoms with Crippen LogP contribution in [0.15, 0.2) is 24.3 Å². The summed E-state index contributed by atoms with van der Waals surface area (Å²) in [7, 11) is 0. The van der Waals surface area contributed by atoms with Crippen LogP contribution in [0.25, 0.3) is 0 Å². The molecule has 3 nitrogen and oxygen atoms in total. The average molecular weight is 351 g/mol. The van der Waals surface area contributed by atoms with Gasteiger partial charge < -0.3 is 10.6 Å². The smallest absolute Gasteiger partial charge is 0.326 e. The summed E-state index contributed by atoms with van der Waals surface area (Å²) >= 11 is 0. The van der Waals surface area contributed by atoms with Crippen molar-refractivity contribution in [3.05, 3.63) is 29.8 Å². The molecule has 0 aromatic heterocycles. The molecule has 2 N–H and O–H groups in total. The molecule has 1 aromatic rings. The highest BCUT2D eigenvalue weighted by Gasteiger charge is 2.27. The number of benzene rings is 1. The molecule has 1 amide bonds. The second kappa shape index (κ2) is 9.13. The van der Waals surface area contributed by atoms with E-state index in [0.29, 0.717) is 18.0 Å². The van der Waals surface area contributed by atoms with Crippen LogP contribution >= 0.6 is 12.4 Å². The first-order chi connectivity index (χ1) is 10.4. The van der Waals surface area contributed by atoms with Crippen molar-refractivity contribution in [1.29, 1.82) is 0 Å². The lowest BCUT2D eigenvalue weighted by atomic mass is 9.93. The fourth-order valence-corrected chi connectivity index (χ4v) is 2.72. The van der Waals surface area contributed by atoms with Gasteiger partial charge in [0.1, 0.15) is 0 Å². The lowest BCUT2D eigenvalue weighted by Crippen LogP contribution is -2.28. The van der Waals surface area contributed by atoms with Crippen molar-refractivity contribution in [3.63, 3.8) is 0 Å². The Bertz CT molecular complexity index is 502. The first kappa shape index (κ1) is 19.8. The van der Waals surface area contributed by atoms with E-state index in [2.05, 4.69) is 10.6 Å². The van der Waals surface area contributed by atoms with E-state index in [1.54, 1.807) is 6.07 Å². The third kappa shape index (κ3) is 7.70. The average Bonchev–Trinajstić information content (AvgIpc) is 2.45. The van der Waals surface area contributed by atoms with Crippen LogP contribution in [-0.4, -0.2) is 25.2 Å². The molecule has 1 fully saturated rings. The molecule has 1 saturated heterocycles. The van der Waals surface area contributed by atoms with Gasteiger partial charge in [0.2, 0.25) is 5.91 Å². The molecule has 23 heavy (non-hydrogen) atoms. The highest BCUT2D eigenvalue weighted by atomic mass is 35.5. The maximum atomic E-state index is 12.4. The van der Waals surface area contributed by atoms with Crippen molar-refractivity contribution in [1.82, 2.24) is 5.32 Å². The number of piperidine rings is 1. The lowest BCUT2D eigenvalue weighted by Gasteiger charge is -2.22. The summed E-state index contributed by atoms with van der Waals surface area (Å²) < 4.78 is 37.1. The Kier molecular flexibility index (Phi) is 7.85. The number of rotatable bonds is 5. The van der Waals surface area contributed by atoms with Crippen LogP contribution in [0.5, 0.6) is 0 Å². The highest BCUT2D eigenvalue weighted by molar-refractivity contribution is 5.90. The molecule has 1 aromatic carbocycles. The third-order valence-electron chi connectivity index (χ3n) is 3.85. The molecule has 0 bridgehead atoms. The number of alkyl halides is 3. The van der Waals surface area contributed by atoms with Crippen molar-refractivity contribution in [3.8, 4) is 0 Å². The number of carbonyl (C=O) groups is 1. The first-order valence-corrected chi connectivity index (χ1v) is 7.58. The Morgan fingerprint density at radius 1 is 1.26 bits per heavy atom. The SMILES string of the molecule is Cl.O=C(CCC1CCNCC1)Nc1cccc(CC(F)(F)F)c1. The monoisotopic (exact) mass is 350 g/mol. The molecule has 0 aliphatic carbocycles. The molecule has 1 aliphatic rings. The van der Waals surface area contributed by atoms with E-state index < -0.39 is 12.6 Å². The van der Waals surface area contributed by atoms with Gasteiger partial charge in [0.25, 0.3) is 0 Å². The molecular weight excluding hydrogens is 329 g/mol. The fraction of sp³-hybridized carbons (Fsp3) is 0.562. The van der Waals surface area contributed by atoms with E-state index in [1.807, 2.05) is 0 Å². The van der Waals surface area contributed by atoms with Crippen LogP contribution < -0.4 is 10.6 Å². The molecule has 130 valence electrons. The number of halogens is 4. The summed E-state index contributed by atoms with van der Waals surface area (Å²) in [5, 5.41) is 5.96. The van der Waals surface area contributed by atoms with Gasteiger partial charge in [-0.3, -0.25) is 4.79 Å². The molecule has 0 unspecified atom stereocenters. The third-order valence-corrected chi connectivity index (χ3v) is 3.85. The number of carbonyl (C=O) groups excluding carboxylic acids is 1. The molecule has 1 aliphatic heterocycles. The molecule has 0 radical (unpaired) electrons. The van der Waals surface area contributed by atoms with Gasteiger partial charge in [-0.05, 0) is 56.0 Å². The van der Waals surface area contributed by atoms with Crippen LogP contribution in [0, 0.1) is 5.92 Å². The predicted molar refractivity (Wildman–Crippen MR) is 86.9 cm³/mol. The fourth-order valence-electron chi connectivity index (χ4n) is 2.72. The van der Waals surface area contributed by atoms with E-state index in [-0.39, 0.29) is 23.9 Å². The maximum Gasteiger partial charge on any atom is 0.393 e. The summed E-state index contributed by atoms with van der Waals surface area (Å²) in [6, 6.07) is 5.94. The normalized spacial score (nSPS) is 15.8. The minimum Gasteiger partial charge on any atom is -0.326 e. The molecule has 7 heteroatoms. The molecule has 0 saturated carbocycles. The van der Waals surface area contributed by atoms with Gasteiger partial charge in [-0.2, -0.15) is 13.2 Å². The number of hydrogen-bond acceptors (Lipinski definition) is 2. The second-order valence-corrected chi connectivity index (χ2v) is 5.77. The van der Waals surface area contributed by atoms with Gasteiger partial charge in [0.05, 0.1) is 6.42 Å². The van der Waals surface area contributed by atoms with E-state index in [0.717, 1.165) is 32.4 Å². The predicted octanol–water partition coefficient (Wildman–Crippen LogP) is 3.93. The van der Waals surface area contributed by atoms with Crippen molar-refractivity contribution in [2.75, 3.05) is 18.4 Å². The van der Waals surface area contributed by atoms with Gasteiger partial charge in [0, 0.05) is 12.1 Å². The van der Waals surface area contributed by atoms with E-state index >= 15 is 0 Å². The maximum absolute atomic E-state index is 12.4. The minimum absolute atomic E-state index is 0. The van der Waals surface area contributed by atoms with Gasteiger partial charge >= 0.3 is 6.18 Å². The summed E-state index contributed by atoms with van der Waals surface area (Å²) in [6.45, 7) is 1.98. The van der Waals surface area contributed by atoms with Gasteiger partial charge in [0.15, 0.2) is 0 Å². The zero-order valence-electron chi connectivity index (χ0n) is 12.8. The van der Waals surface area contributed by atoms with Crippen LogP contribution in [0.4, 0.5) is 18.9 Å². The molecule has 0 spiro atoms. The number of anilines is 1. The Hall–Kier alpha value is -1.27. The standard InChI is InChI=1S/C16H21F3N2O.ClH/c17-16(18,19)11-13-2-1-3-14(10-13)21-15(22)5-4-12-6-8-20-9-7-12;/h1-3,10,12,20H,4-9,11H2,(H,21,22);1H. The molecule has 2 rings (SSSR count). The van der Waals surface area contributed by atoms with Crippen molar-refractivity contribution < 1.29 is 18.0 Å². The van der Waals surface area contributed by atoms with Crippen molar-refractivity contribution in [2.24, 2.45) is 5.92 Å². The Labute approximate surface area is 140 Å². The quantitative estimate of drug-likeness (QED) is 0.844. The topological polar surface area (TPSA) is 41.1 Å². The van der Waals surface area contributed by atoms with Crippen LogP contribution in [0.1, 0.15) is 31.2 Å². The van der Waals surface area contributed by atoms with Crippen LogP contribution in [0.2, 0.25) is 0 Å². The Morgan fingerprint density at radius 2 is 1.96 bits per heavy atom. The molecule has 0 atom stereocenters. The minimum atomic E-state index is -4.24.